The number of aromatic nitrogens is 5. The number of fused-ring (bicyclic) bond motifs is 2. The SMILES string of the molecule is Cc1cc([C@@H](C)Nc2ccc(Cl)nc2C(=O)NS(C)(=O)=O)c2nc(N3C[C@@H]4C(c5cncc(C)n5)[C@@H]4C3)n(C)c(=O)c2c1. The minimum absolute atomic E-state index is 0.0352. The van der Waals surface area contributed by atoms with Crippen LogP contribution in [0.2, 0.25) is 5.15 Å². The molecule has 43 heavy (non-hydrogen) atoms. The molecule has 1 saturated heterocycles. The predicted octanol–water partition coefficient (Wildman–Crippen LogP) is 3.10. The number of rotatable bonds is 7. The highest BCUT2D eigenvalue weighted by atomic mass is 35.5. The molecule has 1 amide bonds. The third kappa shape index (κ3) is 5.54. The average molecular weight is 623 g/mol. The van der Waals surface area contributed by atoms with Gasteiger partial charge in [0.25, 0.3) is 11.5 Å². The lowest BCUT2D eigenvalue weighted by Gasteiger charge is -2.25. The summed E-state index contributed by atoms with van der Waals surface area (Å²) in [5, 5.41) is 3.77. The molecule has 3 aromatic heterocycles. The number of amides is 1. The molecular formula is C29H31ClN8O4S. The number of nitrogens with zero attached hydrogens (tertiary/aromatic N) is 6. The van der Waals surface area contributed by atoms with Crippen molar-refractivity contribution in [1.82, 2.24) is 29.2 Å². The summed E-state index contributed by atoms with van der Waals surface area (Å²) < 4.78 is 26.9. The van der Waals surface area contributed by atoms with E-state index in [0.717, 1.165) is 41.9 Å². The molecule has 224 valence electrons. The Morgan fingerprint density at radius 2 is 1.81 bits per heavy atom. The molecule has 6 rings (SSSR count). The molecule has 2 N–H and O–H groups in total. The Balaban J connectivity index is 1.33. The van der Waals surface area contributed by atoms with Crippen LogP contribution in [0.15, 0.2) is 41.5 Å². The predicted molar refractivity (Wildman–Crippen MR) is 164 cm³/mol. The molecule has 2 aliphatic rings. The van der Waals surface area contributed by atoms with Crippen LogP contribution in [0.3, 0.4) is 0 Å². The van der Waals surface area contributed by atoms with E-state index >= 15 is 0 Å². The van der Waals surface area contributed by atoms with E-state index in [0.29, 0.717) is 34.6 Å². The Labute approximate surface area is 253 Å². The summed E-state index contributed by atoms with van der Waals surface area (Å²) in [5.74, 6) is 0.903. The van der Waals surface area contributed by atoms with Crippen LogP contribution in [0, 0.1) is 25.7 Å². The Kier molecular flexibility index (Phi) is 7.12. The third-order valence-electron chi connectivity index (χ3n) is 8.12. The van der Waals surface area contributed by atoms with Gasteiger partial charge >= 0.3 is 0 Å². The van der Waals surface area contributed by atoms with Gasteiger partial charge in [0.2, 0.25) is 16.0 Å². The molecule has 4 aromatic rings. The van der Waals surface area contributed by atoms with Gasteiger partial charge in [0.1, 0.15) is 5.15 Å². The van der Waals surface area contributed by atoms with Gasteiger partial charge in [-0.1, -0.05) is 17.7 Å². The van der Waals surface area contributed by atoms with Gasteiger partial charge in [-0.05, 0) is 56.4 Å². The molecule has 0 bridgehead atoms. The molecule has 12 nitrogen and oxygen atoms in total. The van der Waals surface area contributed by atoms with Crippen LogP contribution in [0.1, 0.15) is 51.9 Å². The lowest BCUT2D eigenvalue weighted by atomic mass is 10.0. The number of benzene rings is 1. The maximum absolute atomic E-state index is 13.6. The number of aryl methyl sites for hydroxylation is 2. The first-order valence-electron chi connectivity index (χ1n) is 13.8. The lowest BCUT2D eigenvalue weighted by molar-refractivity contribution is 0.0977. The van der Waals surface area contributed by atoms with Gasteiger partial charge in [-0.2, -0.15) is 0 Å². The Morgan fingerprint density at radius 3 is 2.49 bits per heavy atom. The Morgan fingerprint density at radius 1 is 1.09 bits per heavy atom. The number of carbonyl (C=O) groups is 1. The molecular weight excluding hydrogens is 592 g/mol. The van der Waals surface area contributed by atoms with E-state index in [9.17, 15) is 18.0 Å². The molecule has 4 atom stereocenters. The second kappa shape index (κ2) is 10.6. The number of carbonyl (C=O) groups excluding carboxylic acids is 1. The third-order valence-corrected chi connectivity index (χ3v) is 8.88. The van der Waals surface area contributed by atoms with E-state index < -0.39 is 22.0 Å². The average Bonchev–Trinajstić information content (AvgIpc) is 3.43. The number of piperidine rings is 1. The van der Waals surface area contributed by atoms with Gasteiger partial charge in [-0.25, -0.2) is 23.1 Å². The highest BCUT2D eigenvalue weighted by molar-refractivity contribution is 7.89. The van der Waals surface area contributed by atoms with Gasteiger partial charge in [-0.3, -0.25) is 24.1 Å². The number of pyridine rings is 1. The topological polar surface area (TPSA) is 152 Å². The van der Waals surface area contributed by atoms with Crippen molar-refractivity contribution >= 4 is 50.1 Å². The molecule has 1 aromatic carbocycles. The largest absolute Gasteiger partial charge is 0.377 e. The van der Waals surface area contributed by atoms with Crippen molar-refractivity contribution in [1.29, 1.82) is 0 Å². The van der Waals surface area contributed by atoms with E-state index in [4.69, 9.17) is 16.6 Å². The van der Waals surface area contributed by atoms with Gasteiger partial charge in [0, 0.05) is 44.0 Å². The highest BCUT2D eigenvalue weighted by Crippen LogP contribution is 2.58. The maximum Gasteiger partial charge on any atom is 0.285 e. The monoisotopic (exact) mass is 622 g/mol. The molecule has 14 heteroatoms. The molecule has 4 heterocycles. The summed E-state index contributed by atoms with van der Waals surface area (Å²) >= 11 is 6.03. The van der Waals surface area contributed by atoms with E-state index in [1.54, 1.807) is 23.9 Å². The minimum atomic E-state index is -3.83. The van der Waals surface area contributed by atoms with E-state index in [2.05, 4.69) is 25.2 Å². The fourth-order valence-electron chi connectivity index (χ4n) is 6.18. The molecule has 0 radical (unpaired) electrons. The van der Waals surface area contributed by atoms with E-state index in [1.165, 1.54) is 6.07 Å². The van der Waals surface area contributed by atoms with Crippen LogP contribution >= 0.6 is 11.6 Å². The summed E-state index contributed by atoms with van der Waals surface area (Å²) in [5.41, 5.74) is 4.05. The number of nitrogens with one attached hydrogen (secondary N) is 2. The van der Waals surface area contributed by atoms with Crippen LogP contribution < -0.4 is 20.5 Å². The van der Waals surface area contributed by atoms with Gasteiger partial charge in [-0.15, -0.1) is 0 Å². The van der Waals surface area contributed by atoms with Crippen molar-refractivity contribution < 1.29 is 13.2 Å². The van der Waals surface area contributed by atoms with Crippen molar-refractivity contribution in [3.63, 3.8) is 0 Å². The summed E-state index contributed by atoms with van der Waals surface area (Å²) in [6.45, 7) is 7.25. The van der Waals surface area contributed by atoms with Crippen molar-refractivity contribution in [2.75, 3.05) is 29.6 Å². The number of sulfonamides is 1. The summed E-state index contributed by atoms with van der Waals surface area (Å²) in [4.78, 5) is 46.6. The van der Waals surface area contributed by atoms with Crippen molar-refractivity contribution in [3.8, 4) is 0 Å². The fraction of sp³-hybridized carbons (Fsp3) is 0.379. The first-order valence-corrected chi connectivity index (χ1v) is 16.1. The second-order valence-electron chi connectivity index (χ2n) is 11.5. The molecule has 1 saturated carbocycles. The maximum atomic E-state index is 13.6. The minimum Gasteiger partial charge on any atom is -0.377 e. The number of hydrogen-bond donors (Lipinski definition) is 2. The number of halogens is 1. The number of hydrogen-bond acceptors (Lipinski definition) is 10. The van der Waals surface area contributed by atoms with Gasteiger partial charge in [0.15, 0.2) is 5.69 Å². The van der Waals surface area contributed by atoms with Gasteiger partial charge < -0.3 is 10.2 Å². The smallest absolute Gasteiger partial charge is 0.285 e. The summed E-state index contributed by atoms with van der Waals surface area (Å²) in [6, 6.07) is 6.39. The number of anilines is 2. The van der Waals surface area contributed by atoms with Crippen LogP contribution in [0.25, 0.3) is 10.9 Å². The van der Waals surface area contributed by atoms with Crippen LogP contribution in [-0.4, -0.2) is 58.2 Å². The van der Waals surface area contributed by atoms with E-state index in [-0.39, 0.29) is 22.1 Å². The van der Waals surface area contributed by atoms with Crippen LogP contribution in [-0.2, 0) is 17.1 Å². The van der Waals surface area contributed by atoms with Crippen molar-refractivity contribution in [3.05, 3.63) is 80.4 Å². The van der Waals surface area contributed by atoms with Crippen molar-refractivity contribution in [2.24, 2.45) is 18.9 Å². The molecule has 2 fully saturated rings. The summed E-state index contributed by atoms with van der Waals surface area (Å²) in [6.07, 6.45) is 4.49. The molecule has 1 aliphatic carbocycles. The Bertz CT molecular complexity index is 1950. The summed E-state index contributed by atoms with van der Waals surface area (Å²) in [7, 11) is -2.09. The quantitative estimate of drug-likeness (QED) is 0.294. The van der Waals surface area contributed by atoms with E-state index in [1.807, 2.05) is 43.8 Å². The second-order valence-corrected chi connectivity index (χ2v) is 13.6. The zero-order valence-corrected chi connectivity index (χ0v) is 25.9. The normalized spacial score (nSPS) is 20.1. The Hall–Kier alpha value is -4.10. The molecule has 0 spiro atoms. The molecule has 1 aliphatic heterocycles. The van der Waals surface area contributed by atoms with Crippen LogP contribution in [0.5, 0.6) is 0 Å². The van der Waals surface area contributed by atoms with Crippen molar-refractivity contribution in [2.45, 2.75) is 32.7 Å². The standard InChI is InChI=1S/C29H31ClN8O4S/c1-14-8-17(16(3)33-21-6-7-23(30)34-26(21)27(39)36-43(5,41)42)25-18(9-14)28(40)37(4)29(35-25)38-12-19-20(13-38)24(19)22-11-31-10-15(2)32-22/h6-11,16,19-20,24,33H,12-13H2,1-5H3,(H,36,39)/t16-,19-,20+,24?/m1/s1. The van der Waals surface area contributed by atoms with Gasteiger partial charge in [0.05, 0.1) is 40.3 Å². The fourth-order valence-corrected chi connectivity index (χ4v) is 6.76. The zero-order chi connectivity index (χ0) is 30.8. The zero-order valence-electron chi connectivity index (χ0n) is 24.3. The first-order chi connectivity index (χ1) is 20.3. The first kappa shape index (κ1) is 29.0. The lowest BCUT2D eigenvalue weighted by Crippen LogP contribution is -2.32. The molecule has 1 unspecified atom stereocenters. The van der Waals surface area contributed by atoms with Crippen LogP contribution in [0.4, 0.5) is 11.6 Å². The highest BCUT2D eigenvalue weighted by Gasteiger charge is 2.57.